The van der Waals surface area contributed by atoms with E-state index in [1.807, 2.05) is 34.7 Å². The summed E-state index contributed by atoms with van der Waals surface area (Å²) in [6.07, 6.45) is 9.02. The molecule has 1 aromatic carbocycles. The maximum absolute atomic E-state index is 14.0. The van der Waals surface area contributed by atoms with Crippen molar-refractivity contribution >= 4 is 46.0 Å². The van der Waals surface area contributed by atoms with Crippen LogP contribution in [-0.4, -0.2) is 46.5 Å². The van der Waals surface area contributed by atoms with E-state index in [2.05, 4.69) is 0 Å². The lowest BCUT2D eigenvalue weighted by atomic mass is 9.59. The van der Waals surface area contributed by atoms with Crippen LogP contribution in [0.4, 0.5) is 0 Å². The second-order valence-electron chi connectivity index (χ2n) is 11.1. The van der Waals surface area contributed by atoms with Crippen molar-refractivity contribution in [3.63, 3.8) is 0 Å². The second-order valence-corrected chi connectivity index (χ2v) is 12.3. The number of ketones is 2. The van der Waals surface area contributed by atoms with Gasteiger partial charge in [0.1, 0.15) is 0 Å². The lowest BCUT2D eigenvalue weighted by Crippen LogP contribution is -2.43. The van der Waals surface area contributed by atoms with E-state index in [9.17, 15) is 24.3 Å². The zero-order valence-corrected chi connectivity index (χ0v) is 23.6. The first-order valence-electron chi connectivity index (χ1n) is 13.4. The number of aromatic hydroxyl groups is 1. The maximum atomic E-state index is 14.0. The molecule has 7 nitrogen and oxygen atoms in total. The van der Waals surface area contributed by atoms with E-state index >= 15 is 0 Å². The van der Waals surface area contributed by atoms with Gasteiger partial charge in [0.15, 0.2) is 23.1 Å². The highest BCUT2D eigenvalue weighted by Gasteiger charge is 2.57. The van der Waals surface area contributed by atoms with Gasteiger partial charge in [-0.1, -0.05) is 30.9 Å². The average molecular weight is 627 g/mol. The molecule has 2 amide bonds. The molecule has 1 saturated heterocycles. The van der Waals surface area contributed by atoms with Gasteiger partial charge in [-0.2, -0.15) is 0 Å². The van der Waals surface area contributed by atoms with E-state index in [1.54, 1.807) is 17.9 Å². The number of allylic oxidation sites excluding steroid dienone is 6. The van der Waals surface area contributed by atoms with Crippen LogP contribution < -0.4 is 4.74 Å². The number of phenolic OH excluding ortho intramolecular Hbond substituents is 1. The Balaban J connectivity index is 1.49. The molecule has 0 bridgehead atoms. The minimum atomic E-state index is -0.555. The molecular formula is C30H30INO6. The van der Waals surface area contributed by atoms with Crippen LogP contribution >= 0.6 is 22.6 Å². The van der Waals surface area contributed by atoms with Crippen molar-refractivity contribution in [1.82, 2.24) is 4.90 Å². The van der Waals surface area contributed by atoms with Crippen LogP contribution in [0, 0.1) is 21.3 Å². The van der Waals surface area contributed by atoms with Crippen LogP contribution in [-0.2, 0) is 19.2 Å². The second kappa shape index (κ2) is 9.47. The van der Waals surface area contributed by atoms with Crippen molar-refractivity contribution < 1.29 is 29.0 Å². The van der Waals surface area contributed by atoms with Crippen LogP contribution in [0.5, 0.6) is 11.5 Å². The van der Waals surface area contributed by atoms with Gasteiger partial charge in [0.05, 0.1) is 22.5 Å². The van der Waals surface area contributed by atoms with Crippen molar-refractivity contribution in [1.29, 1.82) is 0 Å². The molecule has 2 fully saturated rings. The van der Waals surface area contributed by atoms with Gasteiger partial charge in [0, 0.05) is 28.7 Å². The summed E-state index contributed by atoms with van der Waals surface area (Å²) in [7, 11) is 1.47. The average Bonchev–Trinajstić information content (AvgIpc) is 3.17. The Morgan fingerprint density at radius 1 is 1.03 bits per heavy atom. The molecular weight excluding hydrogens is 597 g/mol. The Kier molecular flexibility index (Phi) is 6.36. The minimum absolute atomic E-state index is 0.0116. The molecule has 0 aromatic heterocycles. The molecule has 6 rings (SSSR count). The van der Waals surface area contributed by atoms with E-state index in [0.29, 0.717) is 26.7 Å². The summed E-state index contributed by atoms with van der Waals surface area (Å²) in [5, 5.41) is 10.5. The van der Waals surface area contributed by atoms with Crippen molar-refractivity contribution in [3.05, 3.63) is 55.7 Å². The van der Waals surface area contributed by atoms with Crippen LogP contribution in [0.25, 0.3) is 0 Å². The van der Waals surface area contributed by atoms with Gasteiger partial charge in [0.2, 0.25) is 11.8 Å². The number of hydrogen-bond acceptors (Lipinski definition) is 6. The zero-order valence-electron chi connectivity index (χ0n) is 21.5. The number of benzene rings is 1. The Morgan fingerprint density at radius 2 is 1.76 bits per heavy atom. The van der Waals surface area contributed by atoms with E-state index in [4.69, 9.17) is 4.74 Å². The fraction of sp³-hybridized carbons (Fsp3) is 0.467. The van der Waals surface area contributed by atoms with Gasteiger partial charge in [-0.3, -0.25) is 24.1 Å². The van der Waals surface area contributed by atoms with Gasteiger partial charge in [-0.15, -0.1) is 0 Å². The van der Waals surface area contributed by atoms with Crippen molar-refractivity contribution in [3.8, 4) is 11.5 Å². The predicted octanol–water partition coefficient (Wildman–Crippen LogP) is 4.77. The molecule has 0 spiro atoms. The molecule has 1 heterocycles. The van der Waals surface area contributed by atoms with Crippen LogP contribution in [0.3, 0.4) is 0 Å². The smallest absolute Gasteiger partial charge is 0.233 e. The Labute approximate surface area is 235 Å². The molecule has 1 N–H and O–H groups in total. The summed E-state index contributed by atoms with van der Waals surface area (Å²) >= 11 is 2.03. The third-order valence-electron chi connectivity index (χ3n) is 9.14. The molecule has 1 aromatic rings. The number of halogens is 1. The Hall–Kier alpha value is -2.75. The normalized spacial score (nSPS) is 29.6. The lowest BCUT2D eigenvalue weighted by molar-refractivity contribution is -0.143. The number of nitrogens with zero attached hydrogens (tertiary/aromatic N) is 1. The van der Waals surface area contributed by atoms with E-state index < -0.39 is 17.8 Å². The molecule has 1 aliphatic heterocycles. The van der Waals surface area contributed by atoms with Crippen molar-refractivity contribution in [2.45, 2.75) is 63.8 Å². The summed E-state index contributed by atoms with van der Waals surface area (Å²) in [4.78, 5) is 55.9. The molecule has 4 aliphatic carbocycles. The molecule has 8 heteroatoms. The SMILES string of the molecule is COc1cc(C2C3=CCC4C(=O)N(C5CCCCC5)C(=O)C4C3CC3=C2C(=O)C=C(C)C3=O)cc(I)c1O. The van der Waals surface area contributed by atoms with Gasteiger partial charge in [0.25, 0.3) is 0 Å². The van der Waals surface area contributed by atoms with Crippen LogP contribution in [0.1, 0.15) is 63.4 Å². The van der Waals surface area contributed by atoms with E-state index in [1.165, 1.54) is 13.2 Å². The number of imide groups is 1. The molecule has 198 valence electrons. The maximum Gasteiger partial charge on any atom is 0.233 e. The highest BCUT2D eigenvalue weighted by molar-refractivity contribution is 14.1. The standard InChI is InChI=1S/C30H30INO6/c1-14-10-22(33)26-20(27(14)34)13-19-17(24(26)15-11-21(31)28(35)23(12-15)38-2)8-9-18-25(19)30(37)32(29(18)36)16-6-4-3-5-7-16/h8,10-12,16,18-19,24-25,35H,3-7,9,13H2,1-2H3. The summed E-state index contributed by atoms with van der Waals surface area (Å²) in [5.74, 6) is -2.15. The number of Topliss-reactive ketones (excluding diaryl/α,β-unsaturated/α-hetero) is 1. The van der Waals surface area contributed by atoms with E-state index in [-0.39, 0.29) is 53.3 Å². The third kappa shape index (κ3) is 3.73. The molecule has 1 saturated carbocycles. The van der Waals surface area contributed by atoms with Crippen LogP contribution in [0.15, 0.2) is 46.6 Å². The molecule has 4 atom stereocenters. The number of methoxy groups -OCH3 is 1. The number of carbonyl (C=O) groups is 4. The first-order chi connectivity index (χ1) is 18.2. The number of ether oxygens (including phenoxy) is 1. The third-order valence-corrected chi connectivity index (χ3v) is 9.96. The fourth-order valence-electron chi connectivity index (χ4n) is 7.40. The lowest BCUT2D eigenvalue weighted by Gasteiger charge is -2.42. The number of carbonyl (C=O) groups excluding carboxylic acids is 4. The highest BCUT2D eigenvalue weighted by atomic mass is 127. The molecule has 38 heavy (non-hydrogen) atoms. The number of fused-ring (bicyclic) bond motifs is 3. The Morgan fingerprint density at radius 3 is 2.47 bits per heavy atom. The van der Waals surface area contributed by atoms with Gasteiger partial charge >= 0.3 is 0 Å². The summed E-state index contributed by atoms with van der Waals surface area (Å²) in [6.45, 7) is 1.65. The molecule has 5 aliphatic rings. The van der Waals surface area contributed by atoms with Crippen molar-refractivity contribution in [2.24, 2.45) is 17.8 Å². The first kappa shape index (κ1) is 25.5. The summed E-state index contributed by atoms with van der Waals surface area (Å²) in [6, 6.07) is 3.47. The number of hydrogen-bond donors (Lipinski definition) is 1. The van der Waals surface area contributed by atoms with E-state index in [0.717, 1.165) is 43.2 Å². The minimum Gasteiger partial charge on any atom is -0.504 e. The van der Waals surface area contributed by atoms with Gasteiger partial charge in [-0.05, 0) is 84.9 Å². The monoisotopic (exact) mass is 627 g/mol. The highest BCUT2D eigenvalue weighted by Crippen LogP contribution is 2.56. The topological polar surface area (TPSA) is 101 Å². The summed E-state index contributed by atoms with van der Waals surface area (Å²) < 4.78 is 5.98. The zero-order chi connectivity index (χ0) is 26.9. The van der Waals surface area contributed by atoms with Gasteiger partial charge < -0.3 is 9.84 Å². The molecule has 0 radical (unpaired) electrons. The molecule has 4 unspecified atom stereocenters. The largest absolute Gasteiger partial charge is 0.504 e. The summed E-state index contributed by atoms with van der Waals surface area (Å²) in [5.41, 5.74) is 2.91. The predicted molar refractivity (Wildman–Crippen MR) is 147 cm³/mol. The fourth-order valence-corrected chi connectivity index (χ4v) is 8.03. The number of amides is 2. The Bertz CT molecular complexity index is 1380. The quantitative estimate of drug-likeness (QED) is 0.225. The van der Waals surface area contributed by atoms with Crippen molar-refractivity contribution in [2.75, 3.05) is 7.11 Å². The van der Waals surface area contributed by atoms with Crippen LogP contribution in [0.2, 0.25) is 0 Å². The first-order valence-corrected chi connectivity index (χ1v) is 14.4. The number of likely N-dealkylation sites (tertiary alicyclic amines) is 1. The number of rotatable bonds is 3. The number of phenols is 1. The van der Waals surface area contributed by atoms with Gasteiger partial charge in [-0.25, -0.2) is 0 Å².